The minimum Gasteiger partial charge on any atom is -0.394 e. The lowest BCUT2D eigenvalue weighted by Gasteiger charge is -2.24. The lowest BCUT2D eigenvalue weighted by Crippen LogP contribution is -2.33. The van der Waals surface area contributed by atoms with E-state index in [-0.39, 0.29) is 25.0 Å². The van der Waals surface area contributed by atoms with Crippen LogP contribution in [0.1, 0.15) is 34.7 Å². The van der Waals surface area contributed by atoms with Gasteiger partial charge in [0, 0.05) is 17.6 Å². The number of amides is 1. The Morgan fingerprint density at radius 1 is 1.32 bits per heavy atom. The molecule has 8 nitrogen and oxygen atoms in total. The second kappa shape index (κ2) is 8.14. The maximum absolute atomic E-state index is 12.8. The van der Waals surface area contributed by atoms with Crippen molar-refractivity contribution in [1.82, 2.24) is 14.9 Å². The summed E-state index contributed by atoms with van der Waals surface area (Å²) >= 11 is 6.01. The van der Waals surface area contributed by atoms with Crippen LogP contribution in [0.25, 0.3) is 16.8 Å². The Balaban J connectivity index is 2.00. The lowest BCUT2D eigenvalue weighted by molar-refractivity contribution is 0.0965. The number of nitrogens with one attached hydrogen (secondary N) is 1. The van der Waals surface area contributed by atoms with Crippen molar-refractivity contribution in [2.45, 2.75) is 18.8 Å². The molecule has 0 atom stereocenters. The Morgan fingerprint density at radius 2 is 2.00 bits per heavy atom. The van der Waals surface area contributed by atoms with Gasteiger partial charge < -0.3 is 10.4 Å². The molecule has 1 fully saturated rings. The predicted molar refractivity (Wildman–Crippen MR) is 120 cm³/mol. The molecule has 1 aromatic carbocycles. The van der Waals surface area contributed by atoms with Gasteiger partial charge in [-0.25, -0.2) is 12.9 Å². The lowest BCUT2D eigenvalue weighted by atomic mass is 10.0. The van der Waals surface area contributed by atoms with E-state index in [4.69, 9.17) is 11.6 Å². The molecule has 4 rings (SSSR count). The van der Waals surface area contributed by atoms with Gasteiger partial charge in [0.15, 0.2) is 0 Å². The Bertz CT molecular complexity index is 1250. The van der Waals surface area contributed by atoms with Gasteiger partial charge in [-0.2, -0.15) is 5.10 Å². The summed E-state index contributed by atoms with van der Waals surface area (Å²) < 4.78 is 27.6. The van der Waals surface area contributed by atoms with Gasteiger partial charge in [0.1, 0.15) is 5.69 Å². The fraction of sp³-hybridized carbons (Fsp3) is 0.333. The maximum Gasteiger partial charge on any atom is 0.255 e. The van der Waals surface area contributed by atoms with E-state index in [1.807, 2.05) is 6.07 Å². The molecule has 31 heavy (non-hydrogen) atoms. The highest BCUT2D eigenvalue weighted by atomic mass is 35.5. The van der Waals surface area contributed by atoms with Crippen molar-refractivity contribution >= 4 is 38.7 Å². The number of aliphatic hydroxyl groups excluding tert-OH is 1. The van der Waals surface area contributed by atoms with E-state index in [1.165, 1.54) is 8.82 Å². The van der Waals surface area contributed by atoms with Gasteiger partial charge in [-0.15, -0.1) is 0 Å². The smallest absolute Gasteiger partial charge is 0.255 e. The summed E-state index contributed by atoms with van der Waals surface area (Å²) in [6.45, 7) is -0.370. The molecule has 0 aliphatic heterocycles. The van der Waals surface area contributed by atoms with Gasteiger partial charge in [0.25, 0.3) is 5.91 Å². The van der Waals surface area contributed by atoms with Crippen LogP contribution < -0.4 is 9.62 Å². The van der Waals surface area contributed by atoms with Crippen LogP contribution in [0.2, 0.25) is 5.02 Å². The van der Waals surface area contributed by atoms with Crippen molar-refractivity contribution < 1.29 is 18.3 Å². The number of carbonyl (C=O) groups excluding carboxylic acids is 1. The van der Waals surface area contributed by atoms with E-state index in [9.17, 15) is 18.3 Å². The molecule has 2 aromatic heterocycles. The van der Waals surface area contributed by atoms with E-state index in [0.29, 0.717) is 27.5 Å². The molecule has 2 N–H and O–H groups in total. The summed E-state index contributed by atoms with van der Waals surface area (Å²) in [6.07, 6.45) is 4.62. The number of rotatable bonds is 7. The van der Waals surface area contributed by atoms with Crippen LogP contribution >= 0.6 is 11.6 Å². The molecule has 1 aliphatic carbocycles. The first-order valence-electron chi connectivity index (χ1n) is 9.87. The Morgan fingerprint density at radius 3 is 2.55 bits per heavy atom. The minimum atomic E-state index is -3.62. The SMILES string of the molecule is CNC(=O)c1c(-c2ccc(Cl)cc2)nn2cc(N(CCO)S(C)(=O)=O)c(C3CC3)cc12. The first kappa shape index (κ1) is 21.6. The van der Waals surface area contributed by atoms with E-state index < -0.39 is 10.0 Å². The summed E-state index contributed by atoms with van der Waals surface area (Å²) in [5.41, 5.74) is 3.50. The van der Waals surface area contributed by atoms with Gasteiger partial charge in [-0.05, 0) is 42.5 Å². The van der Waals surface area contributed by atoms with Crippen LogP contribution in [-0.2, 0) is 10.0 Å². The highest BCUT2D eigenvalue weighted by Crippen LogP contribution is 2.46. The number of hydrogen-bond acceptors (Lipinski definition) is 5. The molecule has 1 saturated carbocycles. The van der Waals surface area contributed by atoms with Crippen molar-refractivity contribution in [2.24, 2.45) is 0 Å². The number of aromatic nitrogens is 2. The Hall–Kier alpha value is -2.62. The molecular formula is C21H23ClN4O4S. The van der Waals surface area contributed by atoms with Crippen molar-refractivity contribution in [3.05, 3.63) is 52.7 Å². The predicted octanol–water partition coefficient (Wildman–Crippen LogP) is 2.65. The topological polar surface area (TPSA) is 104 Å². The van der Waals surface area contributed by atoms with E-state index in [2.05, 4.69) is 10.4 Å². The molecule has 164 valence electrons. The third kappa shape index (κ3) is 4.13. The van der Waals surface area contributed by atoms with Gasteiger partial charge in [-0.3, -0.25) is 9.10 Å². The standard InChI is InChI=1S/C21H23ClN4O4S/c1-23-21(28)19-17-11-16(13-3-4-13)18(26(9-10-27)31(2,29)30)12-25(17)24-20(19)14-5-7-15(22)8-6-14/h5-8,11-13,27H,3-4,9-10H2,1-2H3,(H,23,28). The summed E-state index contributed by atoms with van der Waals surface area (Å²) in [5, 5.41) is 17.3. The maximum atomic E-state index is 12.8. The van der Waals surface area contributed by atoms with Crippen molar-refractivity contribution in [1.29, 1.82) is 0 Å². The summed E-state index contributed by atoms with van der Waals surface area (Å²) in [7, 11) is -2.06. The number of benzene rings is 1. The number of carbonyl (C=O) groups is 1. The van der Waals surface area contributed by atoms with Crippen LogP contribution in [0.3, 0.4) is 0 Å². The first-order chi connectivity index (χ1) is 14.7. The highest BCUT2D eigenvalue weighted by Gasteiger charge is 2.32. The summed E-state index contributed by atoms with van der Waals surface area (Å²) in [4.78, 5) is 12.8. The fourth-order valence-electron chi connectivity index (χ4n) is 3.74. The molecule has 1 aliphatic rings. The molecule has 0 bridgehead atoms. The van der Waals surface area contributed by atoms with E-state index in [0.717, 1.165) is 30.2 Å². The van der Waals surface area contributed by atoms with Crippen LogP contribution in [0.5, 0.6) is 0 Å². The zero-order chi connectivity index (χ0) is 22.3. The number of hydrogen-bond donors (Lipinski definition) is 2. The van der Waals surface area contributed by atoms with Gasteiger partial charge in [-0.1, -0.05) is 23.7 Å². The molecule has 0 unspecified atom stereocenters. The quantitative estimate of drug-likeness (QED) is 0.561. The van der Waals surface area contributed by atoms with Crippen LogP contribution in [0.4, 0.5) is 5.69 Å². The third-order valence-electron chi connectivity index (χ3n) is 5.34. The number of anilines is 1. The molecule has 0 spiro atoms. The van der Waals surface area contributed by atoms with Crippen LogP contribution in [-0.4, -0.2) is 55.5 Å². The first-order valence-corrected chi connectivity index (χ1v) is 12.1. The summed E-state index contributed by atoms with van der Waals surface area (Å²) in [5.74, 6) is -0.0841. The van der Waals surface area contributed by atoms with Gasteiger partial charge >= 0.3 is 0 Å². The van der Waals surface area contributed by atoms with E-state index >= 15 is 0 Å². The highest BCUT2D eigenvalue weighted by molar-refractivity contribution is 7.92. The monoisotopic (exact) mass is 462 g/mol. The molecular weight excluding hydrogens is 440 g/mol. The number of nitrogens with zero attached hydrogens (tertiary/aromatic N) is 3. The molecule has 0 saturated heterocycles. The minimum absolute atomic E-state index is 0.0579. The third-order valence-corrected chi connectivity index (χ3v) is 6.77. The Kier molecular flexibility index (Phi) is 5.67. The average molecular weight is 463 g/mol. The van der Waals surface area contributed by atoms with Crippen molar-refractivity contribution in [3.63, 3.8) is 0 Å². The number of halogens is 1. The molecule has 1 amide bonds. The molecule has 3 aromatic rings. The normalized spacial score (nSPS) is 14.1. The number of aliphatic hydroxyl groups is 1. The number of fused-ring (bicyclic) bond motifs is 1. The van der Waals surface area contributed by atoms with Crippen molar-refractivity contribution in [2.75, 3.05) is 30.8 Å². The second-order valence-corrected chi connectivity index (χ2v) is 9.93. The second-order valence-electron chi connectivity index (χ2n) is 7.59. The molecule has 10 heteroatoms. The van der Waals surface area contributed by atoms with E-state index in [1.54, 1.807) is 37.5 Å². The molecule has 2 heterocycles. The fourth-order valence-corrected chi connectivity index (χ4v) is 4.79. The number of sulfonamides is 1. The van der Waals surface area contributed by atoms with Crippen LogP contribution in [0.15, 0.2) is 36.5 Å². The van der Waals surface area contributed by atoms with Crippen LogP contribution in [0, 0.1) is 0 Å². The number of pyridine rings is 1. The molecule has 0 radical (unpaired) electrons. The van der Waals surface area contributed by atoms with Gasteiger partial charge in [0.05, 0.1) is 42.4 Å². The largest absolute Gasteiger partial charge is 0.394 e. The zero-order valence-electron chi connectivity index (χ0n) is 17.2. The van der Waals surface area contributed by atoms with Gasteiger partial charge in [0.2, 0.25) is 10.0 Å². The van der Waals surface area contributed by atoms with Crippen molar-refractivity contribution in [3.8, 4) is 11.3 Å². The average Bonchev–Trinajstić information content (AvgIpc) is 3.51. The Labute approximate surface area is 185 Å². The summed E-state index contributed by atoms with van der Waals surface area (Å²) in [6, 6.07) is 8.87. The zero-order valence-corrected chi connectivity index (χ0v) is 18.7.